The SMILES string of the molecule is CC(C)Oc1c(C(=O)c2nn[nH]n2)oc2ccccc12. The lowest BCUT2D eigenvalue weighted by Gasteiger charge is -2.08. The van der Waals surface area contributed by atoms with Gasteiger partial charge in [0, 0.05) is 0 Å². The first-order valence-corrected chi connectivity index (χ1v) is 6.13. The predicted octanol–water partition coefficient (Wildman–Crippen LogP) is 1.96. The number of rotatable bonds is 4. The molecule has 2 heterocycles. The minimum Gasteiger partial charge on any atom is -0.486 e. The summed E-state index contributed by atoms with van der Waals surface area (Å²) in [4.78, 5) is 12.3. The Labute approximate surface area is 113 Å². The number of para-hydroxylation sites is 1. The maximum absolute atomic E-state index is 12.3. The van der Waals surface area contributed by atoms with Crippen molar-refractivity contribution >= 4 is 16.8 Å². The number of tetrazole rings is 1. The molecule has 0 saturated heterocycles. The predicted molar refractivity (Wildman–Crippen MR) is 69.6 cm³/mol. The Bertz CT molecular complexity index is 746. The van der Waals surface area contributed by atoms with Crippen LogP contribution in [-0.4, -0.2) is 32.5 Å². The zero-order valence-electron chi connectivity index (χ0n) is 11.0. The van der Waals surface area contributed by atoms with Crippen molar-refractivity contribution in [2.45, 2.75) is 20.0 Å². The number of fused-ring (bicyclic) bond motifs is 1. The minimum atomic E-state index is -0.467. The number of aromatic nitrogens is 4. The lowest BCUT2D eigenvalue weighted by molar-refractivity contribution is 0.0993. The van der Waals surface area contributed by atoms with E-state index in [1.54, 1.807) is 6.07 Å². The third-order valence-corrected chi connectivity index (χ3v) is 2.66. The molecule has 0 fully saturated rings. The summed E-state index contributed by atoms with van der Waals surface area (Å²) in [5.74, 6) is -0.0324. The fraction of sp³-hybridized carbons (Fsp3) is 0.231. The number of carbonyl (C=O) groups is 1. The summed E-state index contributed by atoms with van der Waals surface area (Å²) in [5, 5.41) is 13.7. The van der Waals surface area contributed by atoms with Crippen molar-refractivity contribution in [3.8, 4) is 5.75 Å². The number of nitrogens with zero attached hydrogens (tertiary/aromatic N) is 3. The van der Waals surface area contributed by atoms with E-state index in [1.807, 2.05) is 32.0 Å². The molecular formula is C13H12N4O3. The van der Waals surface area contributed by atoms with Gasteiger partial charge in [0.05, 0.1) is 11.5 Å². The molecule has 0 aliphatic rings. The average Bonchev–Trinajstić information content (AvgIpc) is 3.06. The van der Waals surface area contributed by atoms with Crippen LogP contribution in [0.4, 0.5) is 0 Å². The highest BCUT2D eigenvalue weighted by Crippen LogP contribution is 2.34. The average molecular weight is 272 g/mol. The van der Waals surface area contributed by atoms with E-state index in [0.717, 1.165) is 5.39 Å². The molecule has 7 nitrogen and oxygen atoms in total. The van der Waals surface area contributed by atoms with Crippen LogP contribution in [0.2, 0.25) is 0 Å². The van der Waals surface area contributed by atoms with Gasteiger partial charge in [-0.15, -0.1) is 10.2 Å². The number of hydrogen-bond acceptors (Lipinski definition) is 6. The number of ketones is 1. The molecule has 0 aliphatic heterocycles. The second-order valence-electron chi connectivity index (χ2n) is 4.49. The number of aromatic amines is 1. The van der Waals surface area contributed by atoms with Gasteiger partial charge in [-0.1, -0.05) is 12.1 Å². The monoisotopic (exact) mass is 272 g/mol. The van der Waals surface area contributed by atoms with Crippen molar-refractivity contribution in [3.63, 3.8) is 0 Å². The third kappa shape index (κ3) is 2.03. The number of carbonyl (C=O) groups excluding carboxylic acids is 1. The molecule has 0 radical (unpaired) electrons. The molecule has 0 saturated carbocycles. The van der Waals surface area contributed by atoms with Gasteiger partial charge in [0.15, 0.2) is 5.75 Å². The second kappa shape index (κ2) is 4.76. The topological polar surface area (TPSA) is 93.9 Å². The maximum Gasteiger partial charge on any atom is 0.273 e. The van der Waals surface area contributed by atoms with Crippen LogP contribution in [-0.2, 0) is 0 Å². The molecule has 0 spiro atoms. The number of nitrogens with one attached hydrogen (secondary N) is 1. The highest BCUT2D eigenvalue weighted by atomic mass is 16.5. The molecule has 0 unspecified atom stereocenters. The van der Waals surface area contributed by atoms with Gasteiger partial charge in [-0.05, 0) is 31.2 Å². The number of H-pyrrole nitrogens is 1. The van der Waals surface area contributed by atoms with Crippen LogP contribution in [0.3, 0.4) is 0 Å². The molecule has 20 heavy (non-hydrogen) atoms. The zero-order chi connectivity index (χ0) is 14.1. The molecule has 0 aliphatic carbocycles. The van der Waals surface area contributed by atoms with E-state index in [0.29, 0.717) is 11.3 Å². The Morgan fingerprint density at radius 2 is 2.15 bits per heavy atom. The van der Waals surface area contributed by atoms with E-state index >= 15 is 0 Å². The van der Waals surface area contributed by atoms with Crippen LogP contribution in [0.15, 0.2) is 28.7 Å². The number of hydrogen-bond donors (Lipinski definition) is 1. The maximum atomic E-state index is 12.3. The van der Waals surface area contributed by atoms with Crippen molar-refractivity contribution < 1.29 is 13.9 Å². The quantitative estimate of drug-likeness (QED) is 0.730. The molecular weight excluding hydrogens is 260 g/mol. The Kier molecular flexibility index (Phi) is 2.94. The summed E-state index contributed by atoms with van der Waals surface area (Å²) in [7, 11) is 0. The van der Waals surface area contributed by atoms with E-state index in [-0.39, 0.29) is 17.7 Å². The Morgan fingerprint density at radius 3 is 2.85 bits per heavy atom. The van der Waals surface area contributed by atoms with Crippen LogP contribution < -0.4 is 4.74 Å². The lowest BCUT2D eigenvalue weighted by atomic mass is 10.2. The summed E-state index contributed by atoms with van der Waals surface area (Å²) in [6.07, 6.45) is -0.0900. The van der Waals surface area contributed by atoms with Crippen LogP contribution >= 0.6 is 0 Å². The normalized spacial score (nSPS) is 11.2. The van der Waals surface area contributed by atoms with Gasteiger partial charge in [-0.3, -0.25) is 4.79 Å². The van der Waals surface area contributed by atoms with Crippen molar-refractivity contribution in [3.05, 3.63) is 35.9 Å². The fourth-order valence-electron chi connectivity index (χ4n) is 1.88. The Morgan fingerprint density at radius 1 is 1.35 bits per heavy atom. The van der Waals surface area contributed by atoms with Gasteiger partial charge in [-0.2, -0.15) is 5.21 Å². The van der Waals surface area contributed by atoms with Gasteiger partial charge >= 0.3 is 0 Å². The number of benzene rings is 1. The molecule has 2 aromatic heterocycles. The zero-order valence-corrected chi connectivity index (χ0v) is 11.0. The first kappa shape index (κ1) is 12.3. The van der Waals surface area contributed by atoms with Gasteiger partial charge < -0.3 is 9.15 Å². The van der Waals surface area contributed by atoms with E-state index in [4.69, 9.17) is 9.15 Å². The standard InChI is InChI=1S/C13H12N4O3/c1-7(2)19-11-8-5-3-4-6-9(8)20-12(11)10(18)13-14-16-17-15-13/h3-7H,1-2H3,(H,14,15,16,17). The van der Waals surface area contributed by atoms with Crippen molar-refractivity contribution in [1.82, 2.24) is 20.6 Å². The van der Waals surface area contributed by atoms with Crippen LogP contribution in [0.5, 0.6) is 5.75 Å². The van der Waals surface area contributed by atoms with E-state index in [9.17, 15) is 4.79 Å². The molecule has 7 heteroatoms. The van der Waals surface area contributed by atoms with Crippen LogP contribution in [0.1, 0.15) is 30.2 Å². The van der Waals surface area contributed by atoms with Gasteiger partial charge in [0.25, 0.3) is 5.78 Å². The summed E-state index contributed by atoms with van der Waals surface area (Å²) in [6, 6.07) is 7.29. The molecule has 0 bridgehead atoms. The van der Waals surface area contributed by atoms with Crippen LogP contribution in [0, 0.1) is 0 Å². The third-order valence-electron chi connectivity index (χ3n) is 2.66. The molecule has 3 rings (SSSR count). The van der Waals surface area contributed by atoms with Gasteiger partial charge in [-0.25, -0.2) is 0 Å². The smallest absolute Gasteiger partial charge is 0.273 e. The molecule has 102 valence electrons. The minimum absolute atomic E-state index is 0.0577. The van der Waals surface area contributed by atoms with Gasteiger partial charge in [0.2, 0.25) is 11.6 Å². The largest absolute Gasteiger partial charge is 0.486 e. The van der Waals surface area contributed by atoms with Crippen LogP contribution in [0.25, 0.3) is 11.0 Å². The summed E-state index contributed by atoms with van der Waals surface area (Å²) >= 11 is 0. The molecule has 0 atom stereocenters. The second-order valence-corrected chi connectivity index (χ2v) is 4.49. The van der Waals surface area contributed by atoms with E-state index in [1.165, 1.54) is 0 Å². The van der Waals surface area contributed by atoms with Crippen molar-refractivity contribution in [1.29, 1.82) is 0 Å². The van der Waals surface area contributed by atoms with Crippen molar-refractivity contribution in [2.75, 3.05) is 0 Å². The molecule has 0 amide bonds. The number of furan rings is 1. The first-order chi connectivity index (χ1) is 9.66. The summed E-state index contributed by atoms with van der Waals surface area (Å²) in [5.41, 5.74) is 0.579. The highest BCUT2D eigenvalue weighted by Gasteiger charge is 2.26. The first-order valence-electron chi connectivity index (χ1n) is 6.13. The fourth-order valence-corrected chi connectivity index (χ4v) is 1.88. The molecule has 1 aromatic carbocycles. The summed E-state index contributed by atoms with van der Waals surface area (Å²) in [6.45, 7) is 3.76. The van der Waals surface area contributed by atoms with Crippen molar-refractivity contribution in [2.24, 2.45) is 0 Å². The highest BCUT2D eigenvalue weighted by molar-refractivity contribution is 6.09. The lowest BCUT2D eigenvalue weighted by Crippen LogP contribution is -2.10. The number of ether oxygens (including phenoxy) is 1. The van der Waals surface area contributed by atoms with Gasteiger partial charge in [0.1, 0.15) is 5.58 Å². The molecule has 3 aromatic rings. The Balaban J connectivity index is 2.16. The van der Waals surface area contributed by atoms with E-state index < -0.39 is 5.78 Å². The summed E-state index contributed by atoms with van der Waals surface area (Å²) < 4.78 is 11.3. The Hall–Kier alpha value is -2.70. The molecule has 1 N–H and O–H groups in total. The van der Waals surface area contributed by atoms with E-state index in [2.05, 4.69) is 20.6 Å².